The van der Waals surface area contributed by atoms with E-state index in [-0.39, 0.29) is 0 Å². The number of hydrogen-bond donors (Lipinski definition) is 0. The van der Waals surface area contributed by atoms with E-state index in [1.807, 2.05) is 47.3 Å². The van der Waals surface area contributed by atoms with Crippen molar-refractivity contribution in [3.63, 3.8) is 0 Å². The Hall–Kier alpha value is -5.66. The van der Waals surface area contributed by atoms with E-state index in [9.17, 15) is 0 Å². The quantitative estimate of drug-likeness (QED) is 0.190. The van der Waals surface area contributed by atoms with Crippen LogP contribution >= 0.6 is 0 Å². The first-order valence-corrected chi connectivity index (χ1v) is 19.9. The molecule has 10 rings (SSSR count). The maximum atomic E-state index is 6.52. The number of benzene rings is 5. The van der Waals surface area contributed by atoms with Gasteiger partial charge in [-0.3, -0.25) is 0 Å². The average molecular weight is 651 g/mol. The topological polar surface area (TPSA) is 44.9 Å². The van der Waals surface area contributed by atoms with E-state index in [1.54, 1.807) is 0 Å². The Morgan fingerprint density at radius 1 is 0.609 bits per heavy atom. The van der Waals surface area contributed by atoms with Crippen LogP contribution in [0.2, 0.25) is 0 Å². The predicted molar refractivity (Wildman–Crippen MR) is 188 cm³/mol. The molecular weight excluding hydrogens is 625 g/mol. The molecule has 0 N–H and O–H groups in total. The minimum atomic E-state index is -3.03. The van der Waals surface area contributed by atoms with Crippen LogP contribution in [-0.2, 0) is 0 Å². The summed E-state index contributed by atoms with van der Waals surface area (Å²) in [6.07, 6.45) is 6.30. The molecule has 46 heavy (non-hydrogen) atoms. The Labute approximate surface area is 268 Å². The summed E-state index contributed by atoms with van der Waals surface area (Å²) >= 11 is -3.03. The van der Waals surface area contributed by atoms with Crippen molar-refractivity contribution < 1.29 is 4.74 Å². The summed E-state index contributed by atoms with van der Waals surface area (Å²) in [7, 11) is 0. The van der Waals surface area contributed by atoms with Crippen molar-refractivity contribution in [2.75, 3.05) is 0 Å². The van der Waals surface area contributed by atoms with Crippen LogP contribution in [0.4, 0.5) is 0 Å². The number of para-hydroxylation sites is 1. The van der Waals surface area contributed by atoms with Crippen LogP contribution in [0.5, 0.6) is 11.5 Å². The van der Waals surface area contributed by atoms with E-state index in [2.05, 4.69) is 124 Å². The van der Waals surface area contributed by atoms with Crippen LogP contribution in [0.25, 0.3) is 50.5 Å². The van der Waals surface area contributed by atoms with Gasteiger partial charge in [0, 0.05) is 6.20 Å². The molecule has 5 nitrogen and oxygen atoms in total. The van der Waals surface area contributed by atoms with Crippen LogP contribution in [0.1, 0.15) is 5.56 Å². The average Bonchev–Trinajstić information content (AvgIpc) is 3.85. The van der Waals surface area contributed by atoms with Gasteiger partial charge in [-0.15, -0.1) is 0 Å². The van der Waals surface area contributed by atoms with Crippen LogP contribution in [0.15, 0.2) is 151 Å². The number of fused-ring (bicyclic) bond motifs is 10. The number of rotatable bonds is 4. The summed E-state index contributed by atoms with van der Waals surface area (Å²) in [4.78, 5) is 7.17. The summed E-state index contributed by atoms with van der Waals surface area (Å²) < 4.78 is 14.9. The van der Waals surface area contributed by atoms with E-state index >= 15 is 0 Å². The molecule has 216 valence electrons. The van der Waals surface area contributed by atoms with Gasteiger partial charge in [0.15, 0.2) is 0 Å². The molecule has 0 aliphatic carbocycles. The fourth-order valence-corrected chi connectivity index (χ4v) is 17.2. The molecule has 3 aromatic heterocycles. The van der Waals surface area contributed by atoms with Gasteiger partial charge < -0.3 is 0 Å². The van der Waals surface area contributed by atoms with Gasteiger partial charge in [0.1, 0.15) is 0 Å². The number of ether oxygens (including phenoxy) is 1. The molecule has 2 aliphatic rings. The Kier molecular flexibility index (Phi) is 5.39. The second-order valence-corrected chi connectivity index (χ2v) is 19.3. The van der Waals surface area contributed by atoms with Crippen molar-refractivity contribution in [1.82, 2.24) is 19.3 Å². The Morgan fingerprint density at radius 3 is 2.17 bits per heavy atom. The van der Waals surface area contributed by atoms with Gasteiger partial charge in [-0.25, -0.2) is 4.98 Å². The van der Waals surface area contributed by atoms with Crippen molar-refractivity contribution in [3.05, 3.63) is 156 Å². The molecular formula is C40H26GeN4O. The molecule has 5 aromatic carbocycles. The van der Waals surface area contributed by atoms with Crippen LogP contribution in [0.3, 0.4) is 0 Å². The van der Waals surface area contributed by atoms with Gasteiger partial charge in [-0.2, -0.15) is 0 Å². The zero-order chi connectivity index (χ0) is 30.2. The number of hydrogen-bond acceptors (Lipinski definition) is 3. The third-order valence-electron chi connectivity index (χ3n) is 9.46. The van der Waals surface area contributed by atoms with E-state index in [0.29, 0.717) is 0 Å². The SMILES string of the molecule is C1=[CH][Ge]2([c]3ccccc3-c3cccc[c]32)[c]2nn(-c3cccc(Oc4ccc5c6ccccc6n(-c6ccccn6)c5c4)c3)cc21. The van der Waals surface area contributed by atoms with E-state index in [4.69, 9.17) is 9.84 Å². The molecule has 5 heterocycles. The number of nitrogens with zero attached hydrogens (tertiary/aromatic N) is 4. The van der Waals surface area contributed by atoms with Gasteiger partial charge in [-0.1, -0.05) is 24.3 Å². The van der Waals surface area contributed by atoms with Crippen molar-refractivity contribution in [3.8, 4) is 34.1 Å². The number of pyridine rings is 1. The van der Waals surface area contributed by atoms with Crippen molar-refractivity contribution >= 4 is 54.5 Å². The first kappa shape index (κ1) is 25.6. The summed E-state index contributed by atoms with van der Waals surface area (Å²) in [5.74, 6) is 2.41. The second-order valence-electron chi connectivity index (χ2n) is 11.9. The first-order chi connectivity index (χ1) is 22.8. The van der Waals surface area contributed by atoms with E-state index in [0.717, 1.165) is 39.4 Å². The van der Waals surface area contributed by atoms with Gasteiger partial charge in [0.2, 0.25) is 0 Å². The van der Waals surface area contributed by atoms with Gasteiger partial charge in [0.25, 0.3) is 0 Å². The predicted octanol–water partition coefficient (Wildman–Crippen LogP) is 7.17. The zero-order valence-electron chi connectivity index (χ0n) is 24.7. The van der Waals surface area contributed by atoms with Crippen molar-refractivity contribution in [2.24, 2.45) is 0 Å². The second kappa shape index (κ2) is 9.67. The van der Waals surface area contributed by atoms with Gasteiger partial charge >= 0.3 is 215 Å². The fraction of sp³-hybridized carbons (Fsp3) is 0. The Bertz CT molecular complexity index is 2480. The fourth-order valence-electron chi connectivity index (χ4n) is 7.52. The monoisotopic (exact) mass is 652 g/mol. The third kappa shape index (κ3) is 3.57. The van der Waals surface area contributed by atoms with Gasteiger partial charge in [0.05, 0.1) is 0 Å². The summed E-state index contributed by atoms with van der Waals surface area (Å²) in [6.45, 7) is 0. The Morgan fingerprint density at radius 2 is 1.35 bits per heavy atom. The maximum absolute atomic E-state index is 6.52. The van der Waals surface area contributed by atoms with Gasteiger partial charge in [-0.05, 0) is 18.2 Å². The van der Waals surface area contributed by atoms with E-state index in [1.165, 1.54) is 35.4 Å². The molecule has 0 saturated heterocycles. The molecule has 0 radical (unpaired) electrons. The molecule has 0 fully saturated rings. The van der Waals surface area contributed by atoms with Crippen LogP contribution in [0, 0.1) is 0 Å². The minimum absolute atomic E-state index is 0.761. The van der Waals surface area contributed by atoms with Crippen molar-refractivity contribution in [1.29, 1.82) is 0 Å². The molecule has 6 heteroatoms. The standard InChI is InChI=1S/C40H26GeN4O/c1-4-15-35-31(12-1)32-13-2-5-16-36(32)41(35)22-21-27-26-44(43-40(27)41)28-10-9-11-29(24-28)46-30-19-20-34-33-14-3-6-17-37(33)45(38(34)25-30)39-18-7-8-23-42-39/h1-26H. The van der Waals surface area contributed by atoms with E-state index < -0.39 is 13.3 Å². The van der Waals surface area contributed by atoms with Crippen LogP contribution < -0.4 is 18.1 Å². The summed E-state index contributed by atoms with van der Waals surface area (Å²) in [6, 6.07) is 46.8. The number of aromatic nitrogens is 4. The molecule has 0 bridgehead atoms. The first-order valence-electron chi connectivity index (χ1n) is 15.5. The molecule has 0 atom stereocenters. The normalized spacial score (nSPS) is 13.7. The molecule has 1 spiro atoms. The molecule has 2 aliphatic heterocycles. The Balaban J connectivity index is 1.04. The summed E-state index contributed by atoms with van der Waals surface area (Å²) in [5.41, 5.74) is 7.08. The summed E-state index contributed by atoms with van der Waals surface area (Å²) in [5, 5.41) is 7.67. The zero-order valence-corrected chi connectivity index (χ0v) is 26.8. The van der Waals surface area contributed by atoms with Crippen LogP contribution in [-0.4, -0.2) is 32.6 Å². The molecule has 0 amide bonds. The van der Waals surface area contributed by atoms with Crippen molar-refractivity contribution in [2.45, 2.75) is 0 Å². The molecule has 0 unspecified atom stereocenters. The molecule has 0 saturated carbocycles. The third-order valence-corrected chi connectivity index (χ3v) is 18.6. The molecule has 8 aromatic rings.